The Labute approximate surface area is 153 Å². The van der Waals surface area contributed by atoms with Crippen LogP contribution in [-0.2, 0) is 11.2 Å². The first-order valence-corrected chi connectivity index (χ1v) is 8.47. The van der Waals surface area contributed by atoms with Gasteiger partial charge in [0.05, 0.1) is 7.11 Å². The summed E-state index contributed by atoms with van der Waals surface area (Å²) in [6, 6.07) is 8.56. The number of nitrogens with one attached hydrogen (secondary N) is 1. The predicted octanol–water partition coefficient (Wildman–Crippen LogP) is 4.81. The molecule has 0 aliphatic carbocycles. The fourth-order valence-electron chi connectivity index (χ4n) is 3.63. The maximum absolute atomic E-state index is 14.6. The topological polar surface area (TPSA) is 45.3 Å². The standard InChI is InChI=1S/C19H15ClF2N2O2/c1-26-19(25)24-8-7-11-13-9-10(20)5-6-15(13)23-17(11)18(24)12-3-2-4-14(21)16(12)22/h2-6,9,18,23H,7-8H2,1H3. The van der Waals surface area contributed by atoms with Gasteiger partial charge in [-0.15, -0.1) is 0 Å². The molecule has 26 heavy (non-hydrogen) atoms. The highest BCUT2D eigenvalue weighted by molar-refractivity contribution is 6.31. The number of hydrogen-bond donors (Lipinski definition) is 1. The van der Waals surface area contributed by atoms with Gasteiger partial charge in [-0.2, -0.15) is 0 Å². The highest BCUT2D eigenvalue weighted by Gasteiger charge is 2.37. The number of nitrogens with zero attached hydrogens (tertiary/aromatic N) is 1. The molecule has 0 bridgehead atoms. The van der Waals surface area contributed by atoms with Gasteiger partial charge in [-0.3, -0.25) is 4.90 Å². The van der Waals surface area contributed by atoms with Crippen molar-refractivity contribution >= 4 is 28.6 Å². The van der Waals surface area contributed by atoms with Crippen LogP contribution in [0.5, 0.6) is 0 Å². The Balaban J connectivity index is 1.97. The molecule has 2 heterocycles. The van der Waals surface area contributed by atoms with Crippen LogP contribution in [0.2, 0.25) is 5.02 Å². The Kier molecular flexibility index (Phi) is 4.07. The summed E-state index contributed by atoms with van der Waals surface area (Å²) >= 11 is 6.11. The van der Waals surface area contributed by atoms with Crippen LogP contribution in [0.15, 0.2) is 36.4 Å². The molecule has 1 atom stereocenters. The lowest BCUT2D eigenvalue weighted by Gasteiger charge is -2.35. The van der Waals surface area contributed by atoms with Gasteiger partial charge in [-0.05, 0) is 36.2 Å². The number of amides is 1. The van der Waals surface area contributed by atoms with E-state index in [0.717, 1.165) is 22.5 Å². The average Bonchev–Trinajstić information content (AvgIpc) is 3.00. The summed E-state index contributed by atoms with van der Waals surface area (Å²) < 4.78 is 33.2. The van der Waals surface area contributed by atoms with Crippen molar-refractivity contribution in [3.63, 3.8) is 0 Å². The highest BCUT2D eigenvalue weighted by atomic mass is 35.5. The van der Waals surface area contributed by atoms with Crippen LogP contribution in [0.3, 0.4) is 0 Å². The first-order chi connectivity index (χ1) is 12.5. The maximum atomic E-state index is 14.6. The molecular formula is C19H15ClF2N2O2. The molecule has 1 aromatic heterocycles. The van der Waals surface area contributed by atoms with E-state index in [-0.39, 0.29) is 5.56 Å². The van der Waals surface area contributed by atoms with E-state index in [1.54, 1.807) is 6.07 Å². The molecule has 0 saturated heterocycles. The van der Waals surface area contributed by atoms with Gasteiger partial charge in [-0.1, -0.05) is 23.7 Å². The third-order valence-corrected chi connectivity index (χ3v) is 5.01. The van der Waals surface area contributed by atoms with Crippen molar-refractivity contribution in [2.45, 2.75) is 12.5 Å². The lowest BCUT2D eigenvalue weighted by molar-refractivity contribution is 0.107. The van der Waals surface area contributed by atoms with Gasteiger partial charge in [0.25, 0.3) is 0 Å². The summed E-state index contributed by atoms with van der Waals surface area (Å²) in [7, 11) is 1.27. The lowest BCUT2D eigenvalue weighted by Crippen LogP contribution is -2.41. The van der Waals surface area contributed by atoms with E-state index in [0.29, 0.717) is 23.7 Å². The fraction of sp³-hybridized carbons (Fsp3) is 0.211. The molecule has 2 aromatic carbocycles. The van der Waals surface area contributed by atoms with Crippen LogP contribution >= 0.6 is 11.6 Å². The molecule has 0 spiro atoms. The quantitative estimate of drug-likeness (QED) is 0.662. The molecule has 4 rings (SSSR count). The normalized spacial score (nSPS) is 16.6. The molecule has 1 N–H and O–H groups in total. The molecule has 134 valence electrons. The number of rotatable bonds is 1. The van der Waals surface area contributed by atoms with Gasteiger partial charge in [-0.25, -0.2) is 13.6 Å². The molecular weight excluding hydrogens is 362 g/mol. The summed E-state index contributed by atoms with van der Waals surface area (Å²) in [5, 5.41) is 1.50. The van der Waals surface area contributed by atoms with Crippen molar-refractivity contribution in [2.24, 2.45) is 0 Å². The minimum atomic E-state index is -0.976. The molecule has 1 unspecified atom stereocenters. The number of fused-ring (bicyclic) bond motifs is 3. The second-order valence-corrected chi connectivity index (χ2v) is 6.60. The van der Waals surface area contributed by atoms with Gasteiger partial charge in [0.1, 0.15) is 6.04 Å². The van der Waals surface area contributed by atoms with Crippen LogP contribution in [0, 0.1) is 11.6 Å². The number of ether oxygens (including phenoxy) is 1. The highest BCUT2D eigenvalue weighted by Crippen LogP contribution is 2.40. The molecule has 3 aromatic rings. The van der Waals surface area contributed by atoms with E-state index in [9.17, 15) is 13.6 Å². The summed E-state index contributed by atoms with van der Waals surface area (Å²) in [6.45, 7) is 0.319. The van der Waals surface area contributed by atoms with Crippen molar-refractivity contribution in [3.05, 3.63) is 69.9 Å². The first-order valence-electron chi connectivity index (χ1n) is 8.09. The summed E-state index contributed by atoms with van der Waals surface area (Å²) in [4.78, 5) is 16.9. The number of methoxy groups -OCH3 is 1. The summed E-state index contributed by atoms with van der Waals surface area (Å²) in [6.07, 6.45) is -0.0425. The second-order valence-electron chi connectivity index (χ2n) is 6.17. The molecule has 4 nitrogen and oxygen atoms in total. The number of carbonyl (C=O) groups excluding carboxylic acids is 1. The Hall–Kier alpha value is -2.60. The molecule has 7 heteroatoms. The Bertz CT molecular complexity index is 1020. The Morgan fingerprint density at radius 3 is 2.88 bits per heavy atom. The summed E-state index contributed by atoms with van der Waals surface area (Å²) in [5.74, 6) is -1.94. The number of benzene rings is 2. The largest absolute Gasteiger partial charge is 0.453 e. The van der Waals surface area contributed by atoms with Gasteiger partial charge in [0, 0.05) is 33.7 Å². The monoisotopic (exact) mass is 376 g/mol. The van der Waals surface area contributed by atoms with Crippen LogP contribution < -0.4 is 0 Å². The predicted molar refractivity (Wildman–Crippen MR) is 94.3 cm³/mol. The van der Waals surface area contributed by atoms with Crippen LogP contribution in [-0.4, -0.2) is 29.6 Å². The Morgan fingerprint density at radius 1 is 1.31 bits per heavy atom. The van der Waals surface area contributed by atoms with Crippen LogP contribution in [0.4, 0.5) is 13.6 Å². The van der Waals surface area contributed by atoms with Gasteiger partial charge >= 0.3 is 6.09 Å². The van der Waals surface area contributed by atoms with E-state index in [1.807, 2.05) is 12.1 Å². The van der Waals surface area contributed by atoms with Gasteiger partial charge in [0.2, 0.25) is 0 Å². The molecule has 0 fully saturated rings. The molecule has 1 aliphatic rings. The van der Waals surface area contributed by atoms with Crippen molar-refractivity contribution in [1.29, 1.82) is 0 Å². The molecule has 0 radical (unpaired) electrons. The lowest BCUT2D eigenvalue weighted by atomic mass is 9.92. The van der Waals surface area contributed by atoms with E-state index < -0.39 is 23.8 Å². The van der Waals surface area contributed by atoms with Crippen molar-refractivity contribution in [3.8, 4) is 0 Å². The number of aromatic nitrogens is 1. The van der Waals surface area contributed by atoms with Crippen LogP contribution in [0.25, 0.3) is 10.9 Å². The van der Waals surface area contributed by atoms with Crippen molar-refractivity contribution < 1.29 is 18.3 Å². The number of aromatic amines is 1. The summed E-state index contributed by atoms with van der Waals surface area (Å²) in [5.41, 5.74) is 2.49. The SMILES string of the molecule is COC(=O)N1CCc2c([nH]c3ccc(Cl)cc23)C1c1cccc(F)c1F. The third-order valence-electron chi connectivity index (χ3n) is 4.77. The Morgan fingerprint density at radius 2 is 2.12 bits per heavy atom. The van der Waals surface area contributed by atoms with Crippen molar-refractivity contribution in [2.75, 3.05) is 13.7 Å². The zero-order valence-corrected chi connectivity index (χ0v) is 14.6. The zero-order valence-electron chi connectivity index (χ0n) is 13.9. The number of H-pyrrole nitrogens is 1. The van der Waals surface area contributed by atoms with E-state index in [1.165, 1.54) is 24.1 Å². The minimum Gasteiger partial charge on any atom is -0.453 e. The first kappa shape index (κ1) is 16.8. The maximum Gasteiger partial charge on any atom is 0.410 e. The molecule has 1 amide bonds. The van der Waals surface area contributed by atoms with E-state index >= 15 is 0 Å². The van der Waals surface area contributed by atoms with Crippen molar-refractivity contribution in [1.82, 2.24) is 9.88 Å². The van der Waals surface area contributed by atoms with E-state index in [2.05, 4.69) is 4.98 Å². The van der Waals surface area contributed by atoms with Gasteiger partial charge < -0.3 is 9.72 Å². The average molecular weight is 377 g/mol. The number of hydrogen-bond acceptors (Lipinski definition) is 2. The molecule has 1 aliphatic heterocycles. The van der Waals surface area contributed by atoms with E-state index in [4.69, 9.17) is 16.3 Å². The third kappa shape index (κ3) is 2.52. The number of halogens is 3. The molecule has 0 saturated carbocycles. The van der Waals surface area contributed by atoms with Gasteiger partial charge in [0.15, 0.2) is 11.6 Å². The second kappa shape index (κ2) is 6.29. The fourth-order valence-corrected chi connectivity index (χ4v) is 3.80. The zero-order chi connectivity index (χ0) is 18.4. The van der Waals surface area contributed by atoms with Crippen LogP contribution in [0.1, 0.15) is 22.9 Å². The number of carbonyl (C=O) groups is 1. The smallest absolute Gasteiger partial charge is 0.410 e. The minimum absolute atomic E-state index is 0.0778.